The van der Waals surface area contributed by atoms with Gasteiger partial charge in [-0.3, -0.25) is 20.2 Å². The van der Waals surface area contributed by atoms with E-state index in [1.807, 2.05) is 0 Å². The van der Waals surface area contributed by atoms with Gasteiger partial charge in [-0.05, 0) is 0 Å². The molecule has 0 saturated heterocycles. The number of nitrogens with zero attached hydrogens (tertiary/aromatic N) is 2. The summed E-state index contributed by atoms with van der Waals surface area (Å²) < 4.78 is 0. The number of hydrogen-bond donors (Lipinski definition) is 1. The molecule has 0 saturated carbocycles. The topological polar surface area (TPSA) is 116 Å². The van der Waals surface area contributed by atoms with Crippen LogP contribution in [0, 0.1) is 20.2 Å². The third kappa shape index (κ3) is 1.93. The SMILES string of the molecule is O=[N+]([O-])c1cc(OO)cc([N+](=O)[O-])c1. The first kappa shape index (κ1) is 9.86. The molecule has 0 spiro atoms. The van der Waals surface area contributed by atoms with Crippen LogP contribution in [0.4, 0.5) is 11.4 Å². The minimum absolute atomic E-state index is 0.356. The van der Waals surface area contributed by atoms with Crippen molar-refractivity contribution in [2.75, 3.05) is 0 Å². The Balaban J connectivity index is 3.27. The quantitative estimate of drug-likeness (QED) is 0.447. The van der Waals surface area contributed by atoms with E-state index >= 15 is 0 Å². The molecule has 0 aromatic heterocycles. The van der Waals surface area contributed by atoms with Gasteiger partial charge in [-0.25, -0.2) is 5.26 Å². The first-order valence-corrected chi connectivity index (χ1v) is 3.30. The maximum absolute atomic E-state index is 10.3. The van der Waals surface area contributed by atoms with Crippen molar-refractivity contribution in [1.29, 1.82) is 0 Å². The molecule has 14 heavy (non-hydrogen) atoms. The van der Waals surface area contributed by atoms with Crippen LogP contribution >= 0.6 is 0 Å². The maximum Gasteiger partial charge on any atom is 0.280 e. The second-order valence-corrected chi connectivity index (χ2v) is 2.29. The van der Waals surface area contributed by atoms with Crippen molar-refractivity contribution in [3.8, 4) is 5.75 Å². The zero-order valence-electron chi connectivity index (χ0n) is 6.61. The highest BCUT2D eigenvalue weighted by Crippen LogP contribution is 2.26. The van der Waals surface area contributed by atoms with Crippen LogP contribution in [0.2, 0.25) is 0 Å². The molecule has 0 aliphatic rings. The van der Waals surface area contributed by atoms with Crippen molar-refractivity contribution in [2.24, 2.45) is 0 Å². The van der Waals surface area contributed by atoms with Gasteiger partial charge in [0.05, 0.1) is 28.0 Å². The summed E-state index contributed by atoms with van der Waals surface area (Å²) in [7, 11) is 0. The molecule has 0 fully saturated rings. The van der Waals surface area contributed by atoms with Crippen molar-refractivity contribution in [2.45, 2.75) is 0 Å². The van der Waals surface area contributed by atoms with Crippen molar-refractivity contribution in [3.63, 3.8) is 0 Å². The van der Waals surface area contributed by atoms with Crippen LogP contribution in [-0.2, 0) is 0 Å². The average Bonchev–Trinajstić information content (AvgIpc) is 2.16. The highest BCUT2D eigenvalue weighted by atomic mass is 17.1. The van der Waals surface area contributed by atoms with E-state index in [2.05, 4.69) is 4.89 Å². The molecule has 8 heteroatoms. The molecular weight excluding hydrogens is 196 g/mol. The molecule has 1 rings (SSSR count). The lowest BCUT2D eigenvalue weighted by atomic mass is 10.2. The molecule has 1 aromatic carbocycles. The first-order chi connectivity index (χ1) is 6.54. The van der Waals surface area contributed by atoms with Gasteiger partial charge in [-0.1, -0.05) is 0 Å². The molecule has 8 nitrogen and oxygen atoms in total. The number of rotatable bonds is 3. The van der Waals surface area contributed by atoms with Crippen LogP contribution in [0.25, 0.3) is 0 Å². The monoisotopic (exact) mass is 200 g/mol. The van der Waals surface area contributed by atoms with Crippen LogP contribution in [0.1, 0.15) is 0 Å². The van der Waals surface area contributed by atoms with Crippen LogP contribution < -0.4 is 4.89 Å². The highest BCUT2D eigenvalue weighted by Gasteiger charge is 2.17. The largest absolute Gasteiger partial charge is 0.340 e. The molecule has 1 aromatic rings. The lowest BCUT2D eigenvalue weighted by molar-refractivity contribution is -0.394. The van der Waals surface area contributed by atoms with Gasteiger partial charge in [0.15, 0.2) is 5.75 Å². The van der Waals surface area contributed by atoms with E-state index in [0.29, 0.717) is 0 Å². The molecule has 0 bridgehead atoms. The zero-order valence-corrected chi connectivity index (χ0v) is 6.61. The van der Waals surface area contributed by atoms with E-state index < -0.39 is 21.2 Å². The molecule has 0 amide bonds. The third-order valence-corrected chi connectivity index (χ3v) is 1.40. The van der Waals surface area contributed by atoms with Crippen molar-refractivity contribution in [3.05, 3.63) is 38.4 Å². The number of nitro groups is 2. The van der Waals surface area contributed by atoms with Gasteiger partial charge in [0.25, 0.3) is 11.4 Å². The summed E-state index contributed by atoms with van der Waals surface area (Å²) in [6, 6.07) is 2.50. The van der Waals surface area contributed by atoms with E-state index in [1.54, 1.807) is 0 Å². The summed E-state index contributed by atoms with van der Waals surface area (Å²) in [5.74, 6) is -0.356. The fourth-order valence-corrected chi connectivity index (χ4v) is 0.832. The fraction of sp³-hybridized carbons (Fsp3) is 0. The summed E-state index contributed by atoms with van der Waals surface area (Å²) in [6.07, 6.45) is 0. The maximum atomic E-state index is 10.3. The highest BCUT2D eigenvalue weighted by molar-refractivity contribution is 5.49. The van der Waals surface area contributed by atoms with Crippen LogP contribution in [0.3, 0.4) is 0 Å². The van der Waals surface area contributed by atoms with Gasteiger partial charge in [0.2, 0.25) is 0 Å². The van der Waals surface area contributed by atoms with Gasteiger partial charge in [-0.15, -0.1) is 0 Å². The number of hydrogen-bond acceptors (Lipinski definition) is 6. The standard InChI is InChI=1S/C6H4N2O6/c9-7(10)4-1-5(8(11)12)3-6(2-4)14-13/h1-3,13H. The molecule has 0 aliphatic carbocycles. The van der Waals surface area contributed by atoms with Gasteiger partial charge in [0.1, 0.15) is 0 Å². The summed E-state index contributed by atoms with van der Waals surface area (Å²) in [6.45, 7) is 0. The Morgan fingerprint density at radius 3 is 1.79 bits per heavy atom. The summed E-state index contributed by atoms with van der Waals surface area (Å²) in [5.41, 5.74) is -1.05. The predicted octanol–water partition coefficient (Wildman–Crippen LogP) is 1.35. The fourth-order valence-electron chi connectivity index (χ4n) is 0.832. The first-order valence-electron chi connectivity index (χ1n) is 3.30. The van der Waals surface area contributed by atoms with E-state index in [0.717, 1.165) is 18.2 Å². The predicted molar refractivity (Wildman–Crippen MR) is 43.0 cm³/mol. The van der Waals surface area contributed by atoms with E-state index in [4.69, 9.17) is 5.26 Å². The second-order valence-electron chi connectivity index (χ2n) is 2.29. The van der Waals surface area contributed by atoms with Crippen molar-refractivity contribution < 1.29 is 20.0 Å². The third-order valence-electron chi connectivity index (χ3n) is 1.40. The molecule has 0 aliphatic heterocycles. The molecule has 0 unspecified atom stereocenters. The summed E-state index contributed by atoms with van der Waals surface area (Å²) in [4.78, 5) is 22.6. The Bertz CT molecular complexity index is 358. The lowest BCUT2D eigenvalue weighted by Crippen LogP contribution is -1.94. The minimum Gasteiger partial charge on any atom is -0.340 e. The van der Waals surface area contributed by atoms with E-state index in [9.17, 15) is 20.2 Å². The lowest BCUT2D eigenvalue weighted by Gasteiger charge is -1.96. The molecule has 0 radical (unpaired) electrons. The molecule has 0 atom stereocenters. The zero-order chi connectivity index (χ0) is 10.7. The molecular formula is C6H4N2O6. The van der Waals surface area contributed by atoms with E-state index in [-0.39, 0.29) is 5.75 Å². The van der Waals surface area contributed by atoms with E-state index in [1.165, 1.54) is 0 Å². The molecule has 1 N–H and O–H groups in total. The Labute approximate surface area is 76.6 Å². The summed E-state index contributed by atoms with van der Waals surface area (Å²) in [5, 5.41) is 28.8. The van der Waals surface area contributed by atoms with Crippen LogP contribution in [0.5, 0.6) is 5.75 Å². The minimum atomic E-state index is -0.824. The van der Waals surface area contributed by atoms with Gasteiger partial charge >= 0.3 is 0 Å². The smallest absolute Gasteiger partial charge is 0.280 e. The Hall–Kier alpha value is -2.22. The van der Waals surface area contributed by atoms with Gasteiger partial charge in [-0.2, -0.15) is 0 Å². The van der Waals surface area contributed by atoms with Gasteiger partial charge < -0.3 is 4.89 Å². The summed E-state index contributed by atoms with van der Waals surface area (Å²) >= 11 is 0. The number of nitro benzene ring substituents is 2. The Kier molecular flexibility index (Phi) is 2.58. The Morgan fingerprint density at radius 2 is 1.50 bits per heavy atom. The second kappa shape index (κ2) is 3.66. The number of non-ortho nitro benzene ring substituents is 2. The number of benzene rings is 1. The van der Waals surface area contributed by atoms with Crippen molar-refractivity contribution >= 4 is 11.4 Å². The Morgan fingerprint density at radius 1 is 1.07 bits per heavy atom. The molecule has 74 valence electrons. The van der Waals surface area contributed by atoms with Crippen LogP contribution in [0.15, 0.2) is 18.2 Å². The van der Waals surface area contributed by atoms with Gasteiger partial charge in [0, 0.05) is 0 Å². The van der Waals surface area contributed by atoms with Crippen molar-refractivity contribution in [1.82, 2.24) is 0 Å². The molecule has 0 heterocycles. The average molecular weight is 200 g/mol. The normalized spacial score (nSPS) is 9.50. The van der Waals surface area contributed by atoms with Crippen LogP contribution in [-0.4, -0.2) is 15.1 Å².